The van der Waals surface area contributed by atoms with E-state index in [1.165, 1.54) is 11.1 Å². The Bertz CT molecular complexity index is 276. The molecular formula is C9H7Sn. The Balaban J connectivity index is 2.59. The summed E-state index contributed by atoms with van der Waals surface area (Å²) in [5.74, 6) is 0. The molecule has 0 nitrogen and oxygen atoms in total. The van der Waals surface area contributed by atoms with Gasteiger partial charge in [-0.25, -0.2) is 0 Å². The second kappa shape index (κ2) is 2.42. The van der Waals surface area contributed by atoms with E-state index in [-0.39, 0.29) is 0 Å². The van der Waals surface area contributed by atoms with Gasteiger partial charge in [0.25, 0.3) is 0 Å². The number of allylic oxidation sites excluding steroid dienone is 1. The molecule has 0 spiro atoms. The molecule has 1 atom stereocenters. The standard InChI is InChI=1S/C9H7.Sn/c1-2-5-9-7-3-6-8(9)4-1;/h1-7H;. The molecular weight excluding hydrogens is 227 g/mol. The van der Waals surface area contributed by atoms with E-state index in [1.807, 2.05) is 0 Å². The second-order valence-electron chi connectivity index (χ2n) is 2.47. The van der Waals surface area contributed by atoms with Gasteiger partial charge in [0.15, 0.2) is 0 Å². The summed E-state index contributed by atoms with van der Waals surface area (Å²) < 4.78 is 0.711. The molecule has 0 aliphatic heterocycles. The Morgan fingerprint density at radius 2 is 2.00 bits per heavy atom. The monoisotopic (exact) mass is 235 g/mol. The number of hydrogen-bond acceptors (Lipinski definition) is 0. The number of benzene rings is 1. The molecule has 0 fully saturated rings. The van der Waals surface area contributed by atoms with Crippen molar-refractivity contribution in [3.8, 4) is 0 Å². The van der Waals surface area contributed by atoms with Crippen LogP contribution in [0.2, 0.25) is 0 Å². The van der Waals surface area contributed by atoms with Crippen molar-refractivity contribution in [2.24, 2.45) is 0 Å². The molecule has 0 N–H and O–H groups in total. The van der Waals surface area contributed by atoms with Crippen LogP contribution in [-0.4, -0.2) is 22.5 Å². The van der Waals surface area contributed by atoms with E-state index in [2.05, 4.69) is 36.4 Å². The quantitative estimate of drug-likeness (QED) is 0.601. The van der Waals surface area contributed by atoms with Crippen LogP contribution in [-0.2, 0) is 0 Å². The Labute approximate surface area is 74.0 Å². The molecule has 1 unspecified atom stereocenters. The van der Waals surface area contributed by atoms with E-state index in [4.69, 9.17) is 0 Å². The van der Waals surface area contributed by atoms with E-state index >= 15 is 0 Å². The van der Waals surface area contributed by atoms with Crippen molar-refractivity contribution in [3.63, 3.8) is 0 Å². The molecule has 1 aromatic rings. The van der Waals surface area contributed by atoms with E-state index < -0.39 is 0 Å². The second-order valence-corrected chi connectivity index (χ2v) is 4.24. The molecule has 1 aliphatic carbocycles. The molecule has 0 heterocycles. The van der Waals surface area contributed by atoms with Crippen LogP contribution in [0.15, 0.2) is 30.3 Å². The van der Waals surface area contributed by atoms with Crippen molar-refractivity contribution in [2.75, 3.05) is 0 Å². The summed E-state index contributed by atoms with van der Waals surface area (Å²) in [6, 6.07) is 8.60. The minimum atomic E-state index is 0.711. The van der Waals surface area contributed by atoms with Crippen LogP contribution in [0.1, 0.15) is 15.1 Å². The first-order valence-corrected chi connectivity index (χ1v) is 5.01. The molecule has 1 aliphatic rings. The van der Waals surface area contributed by atoms with Crippen LogP contribution in [0.5, 0.6) is 0 Å². The summed E-state index contributed by atoms with van der Waals surface area (Å²) in [6.07, 6.45) is 4.50. The molecule has 0 bridgehead atoms. The zero-order valence-corrected chi connectivity index (χ0v) is 8.40. The van der Waals surface area contributed by atoms with Gasteiger partial charge in [-0.05, 0) is 0 Å². The van der Waals surface area contributed by atoms with Crippen molar-refractivity contribution in [1.82, 2.24) is 0 Å². The molecule has 0 aromatic heterocycles. The van der Waals surface area contributed by atoms with Crippen molar-refractivity contribution >= 4 is 28.6 Å². The predicted molar refractivity (Wildman–Crippen MR) is 44.0 cm³/mol. The molecule has 0 amide bonds. The SMILES string of the molecule is [Sn][CH]1C=Cc2ccccc21. The van der Waals surface area contributed by atoms with Gasteiger partial charge in [-0.15, -0.1) is 0 Å². The van der Waals surface area contributed by atoms with Crippen molar-refractivity contribution in [2.45, 2.75) is 3.93 Å². The van der Waals surface area contributed by atoms with Crippen molar-refractivity contribution in [1.29, 1.82) is 0 Å². The van der Waals surface area contributed by atoms with Crippen molar-refractivity contribution in [3.05, 3.63) is 41.5 Å². The van der Waals surface area contributed by atoms with Gasteiger partial charge in [-0.2, -0.15) is 0 Å². The van der Waals surface area contributed by atoms with Gasteiger partial charge < -0.3 is 0 Å². The van der Waals surface area contributed by atoms with Gasteiger partial charge in [0.1, 0.15) is 0 Å². The predicted octanol–water partition coefficient (Wildman–Crippen LogP) is 1.92. The van der Waals surface area contributed by atoms with Gasteiger partial charge in [0, 0.05) is 0 Å². The number of hydrogen-bond donors (Lipinski definition) is 0. The summed E-state index contributed by atoms with van der Waals surface area (Å²) in [5.41, 5.74) is 2.91. The normalized spacial score (nSPS) is 21.1. The maximum atomic E-state index is 2.28. The molecule has 0 saturated carbocycles. The van der Waals surface area contributed by atoms with Gasteiger partial charge in [0.2, 0.25) is 0 Å². The Morgan fingerprint density at radius 3 is 2.80 bits per heavy atom. The average Bonchev–Trinajstić information content (AvgIpc) is 2.34. The summed E-state index contributed by atoms with van der Waals surface area (Å²) in [6.45, 7) is 0. The fourth-order valence-corrected chi connectivity index (χ4v) is 2.27. The summed E-state index contributed by atoms with van der Waals surface area (Å²) in [7, 11) is 0. The molecule has 1 aromatic carbocycles. The first kappa shape index (κ1) is 6.47. The van der Waals surface area contributed by atoms with Crippen LogP contribution < -0.4 is 0 Å². The zero-order chi connectivity index (χ0) is 6.97. The van der Waals surface area contributed by atoms with Gasteiger partial charge in [-0.1, -0.05) is 0 Å². The fourth-order valence-electron chi connectivity index (χ4n) is 1.25. The summed E-state index contributed by atoms with van der Waals surface area (Å²) in [4.78, 5) is 0. The fraction of sp³-hybridized carbons (Fsp3) is 0.111. The summed E-state index contributed by atoms with van der Waals surface area (Å²) >= 11 is 1.59. The van der Waals surface area contributed by atoms with Crippen LogP contribution in [0.25, 0.3) is 6.08 Å². The van der Waals surface area contributed by atoms with Crippen LogP contribution in [0.3, 0.4) is 0 Å². The van der Waals surface area contributed by atoms with E-state index in [9.17, 15) is 0 Å². The first-order valence-electron chi connectivity index (χ1n) is 3.36. The third-order valence-electron chi connectivity index (χ3n) is 1.80. The third-order valence-corrected chi connectivity index (χ3v) is 3.24. The molecule has 10 heavy (non-hydrogen) atoms. The molecule has 2 rings (SSSR count). The number of rotatable bonds is 0. The maximum absolute atomic E-state index is 2.28. The van der Waals surface area contributed by atoms with Gasteiger partial charge in [0.05, 0.1) is 0 Å². The topological polar surface area (TPSA) is 0 Å². The molecule has 1 heteroatoms. The number of fused-ring (bicyclic) bond motifs is 1. The average molecular weight is 234 g/mol. The molecule has 47 valence electrons. The summed E-state index contributed by atoms with van der Waals surface area (Å²) in [5, 5.41) is 0. The third kappa shape index (κ3) is 0.908. The van der Waals surface area contributed by atoms with E-state index in [0.717, 1.165) is 0 Å². The Hall–Kier alpha value is -0.241. The first-order chi connectivity index (χ1) is 4.88. The Morgan fingerprint density at radius 1 is 1.20 bits per heavy atom. The Kier molecular flexibility index (Phi) is 1.57. The molecule has 0 saturated heterocycles. The molecule has 3 radical (unpaired) electrons. The van der Waals surface area contributed by atoms with E-state index in [0.29, 0.717) is 3.93 Å². The zero-order valence-electron chi connectivity index (χ0n) is 5.54. The van der Waals surface area contributed by atoms with Gasteiger partial charge >= 0.3 is 74.0 Å². The van der Waals surface area contributed by atoms with Crippen LogP contribution in [0, 0.1) is 0 Å². The van der Waals surface area contributed by atoms with E-state index in [1.54, 1.807) is 22.5 Å². The minimum absolute atomic E-state index is 0.711. The van der Waals surface area contributed by atoms with Gasteiger partial charge in [-0.3, -0.25) is 0 Å². The van der Waals surface area contributed by atoms with Crippen molar-refractivity contribution < 1.29 is 0 Å². The van der Waals surface area contributed by atoms with Crippen LogP contribution >= 0.6 is 0 Å². The van der Waals surface area contributed by atoms with Crippen LogP contribution in [0.4, 0.5) is 0 Å².